The monoisotopic (exact) mass is 497 g/mol. The third-order valence-electron chi connectivity index (χ3n) is 2.58. The number of non-ortho nitro benzene ring substituents is 1. The zero-order valence-electron chi connectivity index (χ0n) is 10.3. The number of nitrogens with zero attached hydrogens (tertiary/aromatic N) is 1. The van der Waals surface area contributed by atoms with E-state index in [1.807, 2.05) is 12.1 Å². The molecule has 4 nitrogen and oxygen atoms in total. The summed E-state index contributed by atoms with van der Waals surface area (Å²) in [6, 6.07) is 8.27. The largest absolute Gasteiger partial charge is 0.486 e. The van der Waals surface area contributed by atoms with E-state index in [-0.39, 0.29) is 12.3 Å². The van der Waals surface area contributed by atoms with Crippen molar-refractivity contribution < 1.29 is 9.66 Å². The Morgan fingerprint density at radius 1 is 1.14 bits per heavy atom. The van der Waals surface area contributed by atoms with Crippen LogP contribution >= 0.6 is 59.4 Å². The van der Waals surface area contributed by atoms with Crippen LogP contribution in [-0.2, 0) is 6.61 Å². The molecule has 0 spiro atoms. The van der Waals surface area contributed by atoms with E-state index < -0.39 is 4.92 Å². The van der Waals surface area contributed by atoms with E-state index in [9.17, 15) is 10.1 Å². The minimum atomic E-state index is -0.467. The van der Waals surface area contributed by atoms with Crippen LogP contribution in [0, 0.1) is 10.1 Å². The molecule has 0 bridgehead atoms. The highest BCUT2D eigenvalue weighted by Gasteiger charge is 2.15. The molecule has 0 aliphatic carbocycles. The van der Waals surface area contributed by atoms with Gasteiger partial charge in [0, 0.05) is 27.2 Å². The first-order valence-corrected chi connectivity index (χ1v) is 8.34. The molecule has 0 radical (unpaired) electrons. The molecule has 0 aliphatic heterocycles. The topological polar surface area (TPSA) is 52.4 Å². The highest BCUT2D eigenvalue weighted by molar-refractivity contribution is 9.11. The van der Waals surface area contributed by atoms with Crippen LogP contribution in [-0.4, -0.2) is 4.92 Å². The van der Waals surface area contributed by atoms with Crippen molar-refractivity contribution in [2.75, 3.05) is 0 Å². The SMILES string of the molecule is O=[N+]([O-])c1cc(Br)c(OCc2ccc(Br)cc2Cl)c(Br)c1. The first-order chi connectivity index (χ1) is 9.88. The molecule has 0 fully saturated rings. The van der Waals surface area contributed by atoms with Crippen LogP contribution in [0.1, 0.15) is 5.56 Å². The number of nitro benzene ring substituents is 1. The number of hydrogen-bond acceptors (Lipinski definition) is 3. The van der Waals surface area contributed by atoms with Crippen molar-refractivity contribution >= 4 is 65.1 Å². The predicted molar refractivity (Wildman–Crippen MR) is 92.0 cm³/mol. The lowest BCUT2D eigenvalue weighted by atomic mass is 10.2. The van der Waals surface area contributed by atoms with Crippen molar-refractivity contribution in [3.63, 3.8) is 0 Å². The Kier molecular flexibility index (Phi) is 5.65. The van der Waals surface area contributed by atoms with Crippen molar-refractivity contribution in [1.29, 1.82) is 0 Å². The second kappa shape index (κ2) is 7.09. The molecule has 21 heavy (non-hydrogen) atoms. The summed E-state index contributed by atoms with van der Waals surface area (Å²) in [4.78, 5) is 10.3. The Balaban J connectivity index is 2.22. The standard InChI is InChI=1S/C13H7Br3ClNO3/c14-8-2-1-7(12(17)3-8)6-21-13-10(15)4-9(18(19)20)5-11(13)16/h1-5H,6H2. The summed E-state index contributed by atoms with van der Waals surface area (Å²) in [6.07, 6.45) is 0. The van der Waals surface area contributed by atoms with Gasteiger partial charge >= 0.3 is 0 Å². The van der Waals surface area contributed by atoms with Crippen LogP contribution in [0.3, 0.4) is 0 Å². The summed E-state index contributed by atoms with van der Waals surface area (Å²) >= 11 is 16.0. The van der Waals surface area contributed by atoms with Gasteiger partial charge in [-0.3, -0.25) is 10.1 Å². The number of benzene rings is 2. The molecule has 0 amide bonds. The fourth-order valence-electron chi connectivity index (χ4n) is 1.58. The number of halogens is 4. The third kappa shape index (κ3) is 4.18. The fourth-order valence-corrected chi connectivity index (χ4v) is 3.70. The first kappa shape index (κ1) is 16.7. The molecule has 2 aromatic rings. The van der Waals surface area contributed by atoms with E-state index in [1.165, 1.54) is 12.1 Å². The lowest BCUT2D eigenvalue weighted by Gasteiger charge is -2.11. The summed E-state index contributed by atoms with van der Waals surface area (Å²) in [5.41, 5.74) is 0.791. The van der Waals surface area contributed by atoms with Gasteiger partial charge in [0.25, 0.3) is 5.69 Å². The van der Waals surface area contributed by atoms with Crippen LogP contribution in [0.15, 0.2) is 43.7 Å². The van der Waals surface area contributed by atoms with Crippen LogP contribution in [0.25, 0.3) is 0 Å². The van der Waals surface area contributed by atoms with Gasteiger partial charge in [0.05, 0.1) is 13.9 Å². The summed E-state index contributed by atoms with van der Waals surface area (Å²) in [5.74, 6) is 0.486. The zero-order chi connectivity index (χ0) is 15.6. The van der Waals surface area contributed by atoms with Gasteiger partial charge in [-0.25, -0.2) is 0 Å². The van der Waals surface area contributed by atoms with Crippen molar-refractivity contribution in [1.82, 2.24) is 0 Å². The van der Waals surface area contributed by atoms with Crippen LogP contribution in [0.4, 0.5) is 5.69 Å². The molecule has 2 aromatic carbocycles. The molecule has 0 N–H and O–H groups in total. The van der Waals surface area contributed by atoms with Crippen LogP contribution in [0.2, 0.25) is 5.02 Å². The van der Waals surface area contributed by atoms with E-state index in [0.29, 0.717) is 19.7 Å². The number of hydrogen-bond donors (Lipinski definition) is 0. The average Bonchev–Trinajstić information content (AvgIpc) is 2.39. The van der Waals surface area contributed by atoms with Gasteiger partial charge < -0.3 is 4.74 Å². The molecule has 2 rings (SSSR count). The van der Waals surface area contributed by atoms with Gasteiger partial charge in [-0.2, -0.15) is 0 Å². The van der Waals surface area contributed by atoms with Gasteiger partial charge in [0.15, 0.2) is 0 Å². The minimum Gasteiger partial charge on any atom is -0.486 e. The van der Waals surface area contributed by atoms with Crippen molar-refractivity contribution in [3.8, 4) is 5.75 Å². The van der Waals surface area contributed by atoms with Crippen molar-refractivity contribution in [2.24, 2.45) is 0 Å². The summed E-state index contributed by atoms with van der Waals surface area (Å²) < 4.78 is 7.57. The minimum absolute atomic E-state index is 0.0252. The Morgan fingerprint density at radius 3 is 2.29 bits per heavy atom. The Morgan fingerprint density at radius 2 is 1.76 bits per heavy atom. The number of nitro groups is 1. The van der Waals surface area contributed by atoms with Crippen LogP contribution in [0.5, 0.6) is 5.75 Å². The predicted octanol–water partition coefficient (Wildman–Crippen LogP) is 6.11. The van der Waals surface area contributed by atoms with Gasteiger partial charge in [-0.05, 0) is 44.0 Å². The normalized spacial score (nSPS) is 10.5. The molecule has 0 saturated carbocycles. The molecule has 0 unspecified atom stereocenters. The fraction of sp³-hybridized carbons (Fsp3) is 0.0769. The third-order valence-corrected chi connectivity index (χ3v) is 4.60. The quantitative estimate of drug-likeness (QED) is 0.376. The molecule has 8 heteroatoms. The zero-order valence-corrected chi connectivity index (χ0v) is 15.8. The maximum atomic E-state index is 10.8. The van der Waals surface area contributed by atoms with Gasteiger partial charge in [0.2, 0.25) is 0 Å². The van der Waals surface area contributed by atoms with E-state index in [4.69, 9.17) is 16.3 Å². The van der Waals surface area contributed by atoms with E-state index >= 15 is 0 Å². The average molecular weight is 500 g/mol. The summed E-state index contributed by atoms with van der Waals surface area (Å²) in [5, 5.41) is 11.4. The summed E-state index contributed by atoms with van der Waals surface area (Å²) in [7, 11) is 0. The van der Waals surface area contributed by atoms with Crippen LogP contribution < -0.4 is 4.74 Å². The highest BCUT2D eigenvalue weighted by atomic mass is 79.9. The summed E-state index contributed by atoms with van der Waals surface area (Å²) in [6.45, 7) is 0.251. The van der Waals surface area contributed by atoms with E-state index in [1.54, 1.807) is 6.07 Å². The molecule has 0 heterocycles. The maximum Gasteiger partial charge on any atom is 0.271 e. The molecule has 0 atom stereocenters. The van der Waals surface area contributed by atoms with Gasteiger partial charge in [-0.1, -0.05) is 33.6 Å². The van der Waals surface area contributed by atoms with Crippen molar-refractivity contribution in [3.05, 3.63) is 64.5 Å². The Bertz CT molecular complexity index is 686. The molecule has 0 aromatic heterocycles. The number of ether oxygens (including phenoxy) is 1. The lowest BCUT2D eigenvalue weighted by molar-refractivity contribution is -0.385. The number of rotatable bonds is 4. The maximum absolute atomic E-state index is 10.8. The molecular formula is C13H7Br3ClNO3. The van der Waals surface area contributed by atoms with Crippen molar-refractivity contribution in [2.45, 2.75) is 6.61 Å². The molecule has 0 saturated heterocycles. The highest BCUT2D eigenvalue weighted by Crippen LogP contribution is 2.38. The first-order valence-electron chi connectivity index (χ1n) is 5.58. The smallest absolute Gasteiger partial charge is 0.271 e. The van der Waals surface area contributed by atoms with E-state index in [2.05, 4.69) is 47.8 Å². The second-order valence-corrected chi connectivity index (χ2v) is 7.05. The molecular weight excluding hydrogens is 493 g/mol. The lowest BCUT2D eigenvalue weighted by Crippen LogP contribution is -1.99. The molecule has 110 valence electrons. The van der Waals surface area contributed by atoms with Gasteiger partial charge in [-0.15, -0.1) is 0 Å². The Labute approximate surface area is 151 Å². The van der Waals surface area contributed by atoms with Gasteiger partial charge in [0.1, 0.15) is 12.4 Å². The molecule has 0 aliphatic rings. The Hall–Kier alpha value is -0.630. The second-order valence-electron chi connectivity index (χ2n) is 4.02. The van der Waals surface area contributed by atoms with E-state index in [0.717, 1.165) is 10.0 Å².